The van der Waals surface area contributed by atoms with Crippen LogP contribution >= 0.6 is 0 Å². The highest BCUT2D eigenvalue weighted by Gasteiger charge is 2.09. The molecule has 0 saturated carbocycles. The van der Waals surface area contributed by atoms with Crippen LogP contribution in [0, 0.1) is 0 Å². The molecule has 0 radical (unpaired) electrons. The Morgan fingerprint density at radius 3 is 2.41 bits per heavy atom. The van der Waals surface area contributed by atoms with Gasteiger partial charge in [0.15, 0.2) is 0 Å². The summed E-state index contributed by atoms with van der Waals surface area (Å²) in [6, 6.07) is 18.7. The Labute approximate surface area is 131 Å². The fraction of sp³-hybridized carbons (Fsp3) is 0.263. The van der Waals surface area contributed by atoms with Crippen LogP contribution in [0.2, 0.25) is 0 Å². The first-order valence-electron chi connectivity index (χ1n) is 7.78. The van der Waals surface area contributed by atoms with Crippen LogP contribution < -0.4 is 5.32 Å². The minimum atomic E-state index is 0.319. The molecule has 0 aliphatic rings. The Morgan fingerprint density at radius 2 is 1.64 bits per heavy atom. The largest absolute Gasteiger partial charge is 0.369 e. The fourth-order valence-electron chi connectivity index (χ4n) is 2.46. The summed E-state index contributed by atoms with van der Waals surface area (Å²) >= 11 is 0. The normalized spacial score (nSPS) is 11.0. The van der Waals surface area contributed by atoms with Gasteiger partial charge in [-0.2, -0.15) is 0 Å². The molecular formula is C19H21N3. The van der Waals surface area contributed by atoms with E-state index in [4.69, 9.17) is 4.98 Å². The minimum absolute atomic E-state index is 0.319. The number of hydrogen-bond acceptors (Lipinski definition) is 3. The van der Waals surface area contributed by atoms with Crippen molar-refractivity contribution in [3.63, 3.8) is 0 Å². The second kappa shape index (κ2) is 6.56. The zero-order valence-corrected chi connectivity index (χ0v) is 13.1. The monoisotopic (exact) mass is 291 g/mol. The SMILES string of the molecule is CC(C)c1nc(NCCc2ccccc2)c2ccccc2n1. The first-order chi connectivity index (χ1) is 10.7. The van der Waals surface area contributed by atoms with E-state index in [2.05, 4.69) is 54.5 Å². The maximum atomic E-state index is 4.71. The standard InChI is InChI=1S/C19H21N3/c1-14(2)18-21-17-11-7-6-10-16(17)19(22-18)20-13-12-15-8-4-3-5-9-15/h3-11,14H,12-13H2,1-2H3,(H,20,21,22). The number of nitrogens with one attached hydrogen (secondary N) is 1. The predicted molar refractivity (Wildman–Crippen MR) is 92.3 cm³/mol. The molecule has 3 nitrogen and oxygen atoms in total. The van der Waals surface area contributed by atoms with Crippen molar-refractivity contribution >= 4 is 16.7 Å². The van der Waals surface area contributed by atoms with Gasteiger partial charge in [-0.1, -0.05) is 56.3 Å². The average molecular weight is 291 g/mol. The van der Waals surface area contributed by atoms with Crippen molar-refractivity contribution in [3.05, 3.63) is 66.0 Å². The molecule has 0 fully saturated rings. The molecule has 0 aliphatic heterocycles. The van der Waals surface area contributed by atoms with Crippen molar-refractivity contribution in [3.8, 4) is 0 Å². The van der Waals surface area contributed by atoms with Gasteiger partial charge in [-0.25, -0.2) is 9.97 Å². The van der Waals surface area contributed by atoms with Gasteiger partial charge in [0, 0.05) is 17.8 Å². The lowest BCUT2D eigenvalue weighted by Crippen LogP contribution is -2.09. The van der Waals surface area contributed by atoms with Gasteiger partial charge in [0.1, 0.15) is 11.6 Å². The Bertz CT molecular complexity index is 751. The summed E-state index contributed by atoms with van der Waals surface area (Å²) in [5.41, 5.74) is 2.33. The molecule has 2 aromatic carbocycles. The molecule has 1 heterocycles. The van der Waals surface area contributed by atoms with Gasteiger partial charge in [-0.05, 0) is 24.1 Å². The second-order valence-electron chi connectivity index (χ2n) is 5.76. The quantitative estimate of drug-likeness (QED) is 0.756. The Morgan fingerprint density at radius 1 is 0.909 bits per heavy atom. The lowest BCUT2D eigenvalue weighted by molar-refractivity contribution is 0.783. The molecule has 0 bridgehead atoms. The minimum Gasteiger partial charge on any atom is -0.369 e. The summed E-state index contributed by atoms with van der Waals surface area (Å²) in [5.74, 6) is 2.14. The number of nitrogens with zero attached hydrogens (tertiary/aromatic N) is 2. The molecule has 0 amide bonds. The molecule has 0 aliphatic carbocycles. The van der Waals surface area contributed by atoms with Crippen molar-refractivity contribution in [1.82, 2.24) is 9.97 Å². The predicted octanol–water partition coefficient (Wildman–Crippen LogP) is 4.41. The molecule has 3 rings (SSSR count). The number of hydrogen-bond donors (Lipinski definition) is 1. The van der Waals surface area contributed by atoms with E-state index >= 15 is 0 Å². The highest BCUT2D eigenvalue weighted by atomic mass is 15.0. The van der Waals surface area contributed by atoms with E-state index in [1.165, 1.54) is 5.56 Å². The van der Waals surface area contributed by atoms with E-state index in [0.29, 0.717) is 5.92 Å². The Balaban J connectivity index is 1.82. The third-order valence-electron chi connectivity index (χ3n) is 3.69. The van der Waals surface area contributed by atoms with Crippen LogP contribution in [0.4, 0.5) is 5.82 Å². The van der Waals surface area contributed by atoms with Crippen LogP contribution in [-0.4, -0.2) is 16.5 Å². The van der Waals surface area contributed by atoms with Crippen molar-refractivity contribution in [1.29, 1.82) is 0 Å². The second-order valence-corrected chi connectivity index (χ2v) is 5.76. The van der Waals surface area contributed by atoms with Crippen molar-refractivity contribution < 1.29 is 0 Å². The summed E-state index contributed by atoms with van der Waals surface area (Å²) < 4.78 is 0. The zero-order chi connectivity index (χ0) is 15.4. The molecule has 112 valence electrons. The number of aromatic nitrogens is 2. The van der Waals surface area contributed by atoms with E-state index in [1.807, 2.05) is 24.3 Å². The van der Waals surface area contributed by atoms with Crippen molar-refractivity contribution in [2.75, 3.05) is 11.9 Å². The van der Waals surface area contributed by atoms with Crippen molar-refractivity contribution in [2.24, 2.45) is 0 Å². The van der Waals surface area contributed by atoms with Crippen LogP contribution in [0.25, 0.3) is 10.9 Å². The van der Waals surface area contributed by atoms with Gasteiger partial charge in [-0.15, -0.1) is 0 Å². The Hall–Kier alpha value is -2.42. The first-order valence-corrected chi connectivity index (χ1v) is 7.78. The van der Waals surface area contributed by atoms with Crippen LogP contribution in [-0.2, 0) is 6.42 Å². The molecule has 0 spiro atoms. The van der Waals surface area contributed by atoms with E-state index in [0.717, 1.165) is 35.5 Å². The van der Waals surface area contributed by atoms with Gasteiger partial charge >= 0.3 is 0 Å². The molecule has 22 heavy (non-hydrogen) atoms. The number of rotatable bonds is 5. The van der Waals surface area contributed by atoms with E-state index in [1.54, 1.807) is 0 Å². The third kappa shape index (κ3) is 3.25. The first kappa shape index (κ1) is 14.5. The van der Waals surface area contributed by atoms with Crippen molar-refractivity contribution in [2.45, 2.75) is 26.2 Å². The number of para-hydroxylation sites is 1. The summed E-state index contributed by atoms with van der Waals surface area (Å²) in [6.07, 6.45) is 0.982. The summed E-state index contributed by atoms with van der Waals surface area (Å²) in [6.45, 7) is 5.11. The van der Waals surface area contributed by atoms with E-state index in [9.17, 15) is 0 Å². The van der Waals surface area contributed by atoms with Gasteiger partial charge in [0.25, 0.3) is 0 Å². The molecule has 3 heteroatoms. The lowest BCUT2D eigenvalue weighted by Gasteiger charge is -2.12. The molecule has 0 atom stereocenters. The van der Waals surface area contributed by atoms with Gasteiger partial charge < -0.3 is 5.32 Å². The maximum absolute atomic E-state index is 4.71. The summed E-state index contributed by atoms with van der Waals surface area (Å²) in [5, 5.41) is 4.56. The number of benzene rings is 2. The zero-order valence-electron chi connectivity index (χ0n) is 13.1. The van der Waals surface area contributed by atoms with Crippen LogP contribution in [0.5, 0.6) is 0 Å². The lowest BCUT2D eigenvalue weighted by atomic mass is 10.1. The molecule has 3 aromatic rings. The Kier molecular flexibility index (Phi) is 4.33. The smallest absolute Gasteiger partial charge is 0.137 e. The molecule has 1 aromatic heterocycles. The van der Waals surface area contributed by atoms with Gasteiger partial charge in [-0.3, -0.25) is 0 Å². The topological polar surface area (TPSA) is 37.8 Å². The van der Waals surface area contributed by atoms with Gasteiger partial charge in [0.05, 0.1) is 5.52 Å². The molecule has 0 saturated heterocycles. The summed E-state index contributed by atoms with van der Waals surface area (Å²) in [4.78, 5) is 9.36. The molecule has 1 N–H and O–H groups in total. The molecular weight excluding hydrogens is 270 g/mol. The summed E-state index contributed by atoms with van der Waals surface area (Å²) in [7, 11) is 0. The third-order valence-corrected chi connectivity index (χ3v) is 3.69. The van der Waals surface area contributed by atoms with Gasteiger partial charge in [0.2, 0.25) is 0 Å². The fourth-order valence-corrected chi connectivity index (χ4v) is 2.46. The highest BCUT2D eigenvalue weighted by Crippen LogP contribution is 2.22. The van der Waals surface area contributed by atoms with E-state index in [-0.39, 0.29) is 0 Å². The average Bonchev–Trinajstić information content (AvgIpc) is 2.55. The number of anilines is 1. The maximum Gasteiger partial charge on any atom is 0.137 e. The highest BCUT2D eigenvalue weighted by molar-refractivity contribution is 5.89. The van der Waals surface area contributed by atoms with Crippen LogP contribution in [0.15, 0.2) is 54.6 Å². The van der Waals surface area contributed by atoms with E-state index < -0.39 is 0 Å². The number of fused-ring (bicyclic) bond motifs is 1. The molecule has 0 unspecified atom stereocenters. The van der Waals surface area contributed by atoms with Crippen LogP contribution in [0.1, 0.15) is 31.2 Å². The van der Waals surface area contributed by atoms with Crippen LogP contribution in [0.3, 0.4) is 0 Å².